The van der Waals surface area contributed by atoms with Crippen LogP contribution >= 0.6 is 0 Å². The fourth-order valence-corrected chi connectivity index (χ4v) is 7.90. The van der Waals surface area contributed by atoms with Gasteiger partial charge >= 0.3 is 0 Å². The third kappa shape index (κ3) is 0.679. The molecule has 92 valence electrons. The number of carbonyl (C=O) groups excluding carboxylic acids is 1. The molecule has 17 heavy (non-hydrogen) atoms. The molecular formula is C16H22O. The van der Waals surface area contributed by atoms with Gasteiger partial charge < -0.3 is 0 Å². The SMILES string of the molecule is O=C1CCCC23[C@@H]4CCC[C@H]4C12[C@H]1CCC[C@@H]13. The summed E-state index contributed by atoms with van der Waals surface area (Å²) < 4.78 is 0. The van der Waals surface area contributed by atoms with Crippen LogP contribution in [0.4, 0.5) is 0 Å². The van der Waals surface area contributed by atoms with Gasteiger partial charge in [0.05, 0.1) is 0 Å². The Kier molecular flexibility index (Phi) is 1.49. The molecule has 0 amide bonds. The lowest BCUT2D eigenvalue weighted by Crippen LogP contribution is -2.82. The molecule has 0 aliphatic heterocycles. The van der Waals surface area contributed by atoms with Crippen LogP contribution < -0.4 is 0 Å². The highest BCUT2D eigenvalue weighted by Crippen LogP contribution is 2.89. The Morgan fingerprint density at radius 2 is 1.41 bits per heavy atom. The average Bonchev–Trinajstić information content (AvgIpc) is 2.91. The first-order valence-electron chi connectivity index (χ1n) is 7.87. The Morgan fingerprint density at radius 1 is 0.824 bits per heavy atom. The summed E-state index contributed by atoms with van der Waals surface area (Å²) in [6, 6.07) is 0. The number of carbonyl (C=O) groups is 1. The van der Waals surface area contributed by atoms with Crippen molar-refractivity contribution in [2.75, 3.05) is 0 Å². The van der Waals surface area contributed by atoms with Gasteiger partial charge in [-0.2, -0.15) is 0 Å². The minimum Gasteiger partial charge on any atom is -0.299 e. The van der Waals surface area contributed by atoms with Gasteiger partial charge in [-0.25, -0.2) is 0 Å². The van der Waals surface area contributed by atoms with Crippen LogP contribution in [0.25, 0.3) is 0 Å². The predicted octanol–water partition coefficient (Wildman–Crippen LogP) is 3.57. The van der Waals surface area contributed by atoms with E-state index < -0.39 is 0 Å². The molecule has 5 rings (SSSR count). The zero-order valence-electron chi connectivity index (χ0n) is 10.6. The molecule has 0 saturated heterocycles. The van der Waals surface area contributed by atoms with E-state index >= 15 is 0 Å². The number of hydrogen-bond acceptors (Lipinski definition) is 1. The highest BCUT2D eigenvalue weighted by molar-refractivity contribution is 5.91. The number of Topliss-reactive ketones (excluding diaryl/α,β-unsaturated/α-hetero) is 1. The van der Waals surface area contributed by atoms with Crippen LogP contribution in [0.15, 0.2) is 0 Å². The molecule has 2 unspecified atom stereocenters. The van der Waals surface area contributed by atoms with Crippen LogP contribution in [0, 0.1) is 34.5 Å². The zero-order valence-corrected chi connectivity index (χ0v) is 10.6. The second-order valence-corrected chi connectivity index (χ2v) is 7.47. The summed E-state index contributed by atoms with van der Waals surface area (Å²) in [5.41, 5.74) is 0.818. The second kappa shape index (κ2) is 2.65. The Balaban J connectivity index is 1.70. The number of fused-ring (bicyclic) bond motifs is 2. The topological polar surface area (TPSA) is 17.1 Å². The maximum absolute atomic E-state index is 12.7. The van der Waals surface area contributed by atoms with Crippen molar-refractivity contribution in [1.29, 1.82) is 0 Å². The zero-order chi connectivity index (χ0) is 11.3. The second-order valence-electron chi connectivity index (χ2n) is 7.47. The molecule has 0 aromatic rings. The summed E-state index contributed by atoms with van der Waals surface area (Å²) in [6.45, 7) is 0. The van der Waals surface area contributed by atoms with Gasteiger partial charge in [0.25, 0.3) is 0 Å². The Bertz CT molecular complexity index is 388. The van der Waals surface area contributed by atoms with Crippen LogP contribution in [0.2, 0.25) is 0 Å². The summed E-state index contributed by atoms with van der Waals surface area (Å²) >= 11 is 0. The molecule has 5 fully saturated rings. The van der Waals surface area contributed by atoms with Crippen molar-refractivity contribution >= 4 is 5.78 Å². The highest BCUT2D eigenvalue weighted by Gasteiger charge is 2.87. The summed E-state index contributed by atoms with van der Waals surface area (Å²) in [4.78, 5) is 12.7. The van der Waals surface area contributed by atoms with Crippen LogP contribution in [0.5, 0.6) is 0 Å². The molecule has 0 N–H and O–H groups in total. The molecule has 0 spiro atoms. The van der Waals surface area contributed by atoms with E-state index in [0.29, 0.717) is 5.41 Å². The molecule has 0 bridgehead atoms. The molecule has 5 aliphatic carbocycles. The summed E-state index contributed by atoms with van der Waals surface area (Å²) in [5, 5.41) is 0. The predicted molar refractivity (Wildman–Crippen MR) is 65.4 cm³/mol. The molecular weight excluding hydrogens is 208 g/mol. The van der Waals surface area contributed by atoms with E-state index in [1.54, 1.807) is 0 Å². The first kappa shape index (κ1) is 9.58. The molecule has 6 atom stereocenters. The van der Waals surface area contributed by atoms with Crippen molar-refractivity contribution in [3.8, 4) is 0 Å². The third-order valence-corrected chi connectivity index (χ3v) is 7.75. The van der Waals surface area contributed by atoms with Crippen molar-refractivity contribution in [2.45, 2.75) is 57.8 Å². The van der Waals surface area contributed by atoms with Gasteiger partial charge in [0, 0.05) is 11.8 Å². The normalized spacial score (nSPS) is 62.9. The van der Waals surface area contributed by atoms with Gasteiger partial charge in [0.15, 0.2) is 0 Å². The van der Waals surface area contributed by atoms with E-state index in [1.165, 1.54) is 51.4 Å². The molecule has 5 aliphatic rings. The molecule has 0 aromatic heterocycles. The maximum Gasteiger partial charge on any atom is 0.140 e. The van der Waals surface area contributed by atoms with Crippen molar-refractivity contribution in [3.05, 3.63) is 0 Å². The third-order valence-electron chi connectivity index (χ3n) is 7.75. The largest absolute Gasteiger partial charge is 0.299 e. The highest BCUT2D eigenvalue weighted by atomic mass is 16.1. The van der Waals surface area contributed by atoms with E-state index in [1.807, 2.05) is 0 Å². The quantitative estimate of drug-likeness (QED) is 0.621. The fourth-order valence-electron chi connectivity index (χ4n) is 7.90. The average molecular weight is 230 g/mol. The summed E-state index contributed by atoms with van der Waals surface area (Å²) in [7, 11) is 0. The smallest absolute Gasteiger partial charge is 0.140 e. The van der Waals surface area contributed by atoms with E-state index in [0.717, 1.165) is 35.9 Å². The van der Waals surface area contributed by atoms with Gasteiger partial charge in [0.1, 0.15) is 5.78 Å². The standard InChI is InChI=1S/C16H22O/c17-14-8-3-9-15-10-4-1-6-12(10)16(14,15)13-7-2-5-11(13)15/h10-13H,1-9H2/t10-,11+,12-,13+,15?,16?. The Hall–Kier alpha value is -0.330. The fraction of sp³-hybridized carbons (Fsp3) is 0.938. The van der Waals surface area contributed by atoms with Crippen molar-refractivity contribution in [1.82, 2.24) is 0 Å². The lowest BCUT2D eigenvalue weighted by atomic mass is 9.20. The van der Waals surface area contributed by atoms with Crippen LogP contribution in [0.1, 0.15) is 57.8 Å². The van der Waals surface area contributed by atoms with E-state index in [4.69, 9.17) is 0 Å². The van der Waals surface area contributed by atoms with Crippen molar-refractivity contribution in [2.24, 2.45) is 34.5 Å². The minimum atomic E-state index is 0.258. The summed E-state index contributed by atoms with van der Waals surface area (Å²) in [5.74, 6) is 4.36. The maximum atomic E-state index is 12.7. The Labute approximate surface area is 103 Å². The van der Waals surface area contributed by atoms with Crippen LogP contribution in [-0.2, 0) is 4.79 Å². The van der Waals surface area contributed by atoms with Gasteiger partial charge in [0.2, 0.25) is 0 Å². The first-order chi connectivity index (χ1) is 8.33. The minimum absolute atomic E-state index is 0.258. The monoisotopic (exact) mass is 230 g/mol. The Morgan fingerprint density at radius 3 is 2.06 bits per heavy atom. The number of rotatable bonds is 0. The summed E-state index contributed by atoms with van der Waals surface area (Å²) in [6.07, 6.45) is 12.1. The van der Waals surface area contributed by atoms with Gasteiger partial charge in [-0.05, 0) is 67.6 Å². The molecule has 0 aromatic carbocycles. The lowest BCUT2D eigenvalue weighted by molar-refractivity contribution is -0.339. The van der Waals surface area contributed by atoms with Gasteiger partial charge in [-0.3, -0.25) is 4.79 Å². The molecule has 5 saturated carbocycles. The van der Waals surface area contributed by atoms with Crippen molar-refractivity contribution < 1.29 is 4.79 Å². The molecule has 0 heterocycles. The molecule has 0 radical (unpaired) electrons. The van der Waals surface area contributed by atoms with E-state index in [-0.39, 0.29) is 5.41 Å². The molecule has 1 nitrogen and oxygen atoms in total. The van der Waals surface area contributed by atoms with Gasteiger partial charge in [-0.15, -0.1) is 0 Å². The number of ketones is 1. The van der Waals surface area contributed by atoms with Crippen LogP contribution in [-0.4, -0.2) is 5.78 Å². The van der Waals surface area contributed by atoms with E-state index in [2.05, 4.69) is 0 Å². The number of hydrogen-bond donors (Lipinski definition) is 0. The van der Waals surface area contributed by atoms with Crippen molar-refractivity contribution in [3.63, 3.8) is 0 Å². The van der Waals surface area contributed by atoms with Gasteiger partial charge in [-0.1, -0.05) is 12.8 Å². The van der Waals surface area contributed by atoms with Crippen LogP contribution in [0.3, 0.4) is 0 Å². The lowest BCUT2D eigenvalue weighted by Gasteiger charge is -2.82. The molecule has 1 heteroatoms. The van der Waals surface area contributed by atoms with E-state index in [9.17, 15) is 4.79 Å². The first-order valence-corrected chi connectivity index (χ1v) is 7.87.